The van der Waals surface area contributed by atoms with Gasteiger partial charge in [-0.05, 0) is 40.1 Å². The van der Waals surface area contributed by atoms with E-state index in [4.69, 9.17) is 9.72 Å². The van der Waals surface area contributed by atoms with E-state index in [9.17, 15) is 0 Å². The molecular weight excluding hydrogens is 808 g/mol. The molecule has 5 nitrogen and oxygen atoms in total. The summed E-state index contributed by atoms with van der Waals surface area (Å²) in [5.74, 6) is 2.01. The van der Waals surface area contributed by atoms with Gasteiger partial charge in [0.15, 0.2) is 0 Å². The van der Waals surface area contributed by atoms with E-state index in [0.717, 1.165) is 66.6 Å². The van der Waals surface area contributed by atoms with Crippen molar-refractivity contribution in [2.45, 2.75) is 26.2 Å². The van der Waals surface area contributed by atoms with Crippen LogP contribution in [0.3, 0.4) is 0 Å². The minimum atomic E-state index is -0.0204. The topological polar surface area (TPSA) is 35.9 Å². The number of benzene rings is 5. The number of hydrogen-bond acceptors (Lipinski definition) is 2. The fraction of sp³-hybridized carbons (Fsp3) is 0.111. The molecule has 9 rings (SSSR count). The van der Waals surface area contributed by atoms with E-state index < -0.39 is 0 Å². The SMILES string of the molecule is Cn1[c-][n+](C2=[C-]/C(Oc3[c-]c4c(cc3)c3ccccc3n4-c3cc(C(C)(C)C)ccn3)=C\c3ccccc3-c3ccccc32)c2ccccc21.[Pt]. The Hall–Kier alpha value is -5.51. The van der Waals surface area contributed by atoms with Gasteiger partial charge < -0.3 is 18.4 Å². The third-order valence-corrected chi connectivity index (χ3v) is 9.54. The van der Waals surface area contributed by atoms with Crippen molar-refractivity contribution in [2.75, 3.05) is 0 Å². The fourth-order valence-electron chi connectivity index (χ4n) is 7.05. The van der Waals surface area contributed by atoms with Crippen molar-refractivity contribution in [3.63, 3.8) is 0 Å². The number of aromatic nitrogens is 4. The number of para-hydroxylation sites is 3. The number of allylic oxidation sites excluding steroid dienone is 1. The number of pyridine rings is 1. The normalized spacial score (nSPS) is 13.8. The molecular formula is C45H34N4OPt-2. The first-order valence-electron chi connectivity index (χ1n) is 16.9. The van der Waals surface area contributed by atoms with Crippen LogP contribution in [0, 0.1) is 18.5 Å². The van der Waals surface area contributed by atoms with Crippen molar-refractivity contribution in [1.82, 2.24) is 14.1 Å². The fourth-order valence-corrected chi connectivity index (χ4v) is 7.05. The predicted octanol–water partition coefficient (Wildman–Crippen LogP) is 9.65. The summed E-state index contributed by atoms with van der Waals surface area (Å²) in [5.41, 5.74) is 10.4. The van der Waals surface area contributed by atoms with E-state index in [0.29, 0.717) is 11.5 Å². The molecule has 0 saturated heterocycles. The van der Waals surface area contributed by atoms with Gasteiger partial charge in [-0.2, -0.15) is 6.07 Å². The summed E-state index contributed by atoms with van der Waals surface area (Å²) in [5, 5.41) is 2.23. The van der Waals surface area contributed by atoms with Crippen LogP contribution < -0.4 is 9.30 Å². The second kappa shape index (κ2) is 12.7. The Morgan fingerprint density at radius 2 is 1.43 bits per heavy atom. The average Bonchev–Trinajstić information content (AvgIpc) is 3.64. The smallest absolute Gasteiger partial charge is 0.242 e. The predicted molar refractivity (Wildman–Crippen MR) is 201 cm³/mol. The molecule has 3 heterocycles. The van der Waals surface area contributed by atoms with Crippen LogP contribution >= 0.6 is 0 Å². The molecule has 0 atom stereocenters. The first kappa shape index (κ1) is 32.7. The van der Waals surface area contributed by atoms with E-state index >= 15 is 0 Å². The standard InChI is InChI=1S/C45H34N4O.Pt/c1-45(2,3)31-23-24-46-44(26-31)49-39-18-10-9-17-37(39)38-22-21-32(27-43(38)49)50-33-25-30-13-5-6-14-34(30)35-15-7-8-16-36(35)42(28-33)48-29-47(4)40-19-11-12-20-41(40)48;/h5-26H,1-4H3;/q-2;/b30-25?,33-25+,35-34?,42-36?;. The number of fused-ring (bicyclic) bond motifs is 7. The van der Waals surface area contributed by atoms with Crippen LogP contribution in [0.1, 0.15) is 37.5 Å². The zero-order valence-corrected chi connectivity index (χ0v) is 31.0. The van der Waals surface area contributed by atoms with Crippen LogP contribution in [0.25, 0.3) is 61.6 Å². The Kier molecular flexibility index (Phi) is 8.12. The van der Waals surface area contributed by atoms with E-state index in [1.807, 2.05) is 23.9 Å². The van der Waals surface area contributed by atoms with Crippen molar-refractivity contribution >= 4 is 44.6 Å². The average molecular weight is 842 g/mol. The van der Waals surface area contributed by atoms with Crippen LogP contribution in [-0.2, 0) is 33.5 Å². The summed E-state index contributed by atoms with van der Waals surface area (Å²) in [6.45, 7) is 6.67. The molecule has 0 saturated carbocycles. The monoisotopic (exact) mass is 841 g/mol. The Labute approximate surface area is 312 Å². The Balaban J connectivity index is 0.00000374. The van der Waals surface area contributed by atoms with Crippen molar-refractivity contribution in [3.05, 3.63) is 168 Å². The van der Waals surface area contributed by atoms with Gasteiger partial charge in [0, 0.05) is 44.3 Å². The zero-order chi connectivity index (χ0) is 34.0. The second-order valence-electron chi connectivity index (χ2n) is 13.8. The number of imidazole rings is 1. The molecule has 0 spiro atoms. The van der Waals surface area contributed by atoms with Gasteiger partial charge in [-0.1, -0.05) is 128 Å². The summed E-state index contributed by atoms with van der Waals surface area (Å²) in [6.07, 6.45) is 11.2. The first-order chi connectivity index (χ1) is 24.3. The van der Waals surface area contributed by atoms with Crippen LogP contribution in [0.4, 0.5) is 0 Å². The molecule has 8 aromatic rings. The van der Waals surface area contributed by atoms with E-state index in [1.54, 1.807) is 0 Å². The van der Waals surface area contributed by atoms with Gasteiger partial charge in [0.2, 0.25) is 6.33 Å². The number of rotatable bonds is 4. The van der Waals surface area contributed by atoms with Gasteiger partial charge >= 0.3 is 0 Å². The van der Waals surface area contributed by atoms with E-state index in [2.05, 4.69) is 170 Å². The summed E-state index contributed by atoms with van der Waals surface area (Å²) in [7, 11) is 2.02. The van der Waals surface area contributed by atoms with Crippen molar-refractivity contribution in [1.29, 1.82) is 0 Å². The van der Waals surface area contributed by atoms with Gasteiger partial charge in [0.1, 0.15) is 5.82 Å². The number of aryl methyl sites for hydroxylation is 1. The molecule has 0 bridgehead atoms. The zero-order valence-electron chi connectivity index (χ0n) is 28.7. The summed E-state index contributed by atoms with van der Waals surface area (Å²) >= 11 is 0. The molecule has 0 amide bonds. The molecule has 6 heteroatoms. The van der Waals surface area contributed by atoms with Gasteiger partial charge in [0.25, 0.3) is 0 Å². The molecule has 5 aromatic carbocycles. The Bertz CT molecular complexity index is 2690. The molecule has 0 unspecified atom stereocenters. The minimum Gasteiger partial charge on any atom is -0.510 e. The number of hydrogen-bond donors (Lipinski definition) is 0. The van der Waals surface area contributed by atoms with Gasteiger partial charge in [-0.15, -0.1) is 41.3 Å². The first-order valence-corrected chi connectivity index (χ1v) is 16.9. The van der Waals surface area contributed by atoms with Gasteiger partial charge in [-0.25, -0.2) is 4.98 Å². The maximum Gasteiger partial charge on any atom is 0.242 e. The summed E-state index contributed by atoms with van der Waals surface area (Å²) in [6, 6.07) is 45.7. The molecule has 0 aliphatic heterocycles. The third kappa shape index (κ3) is 5.63. The molecule has 0 N–H and O–H groups in total. The van der Waals surface area contributed by atoms with Gasteiger partial charge in [-0.3, -0.25) is 0 Å². The van der Waals surface area contributed by atoms with E-state index in [-0.39, 0.29) is 26.5 Å². The van der Waals surface area contributed by atoms with Crippen molar-refractivity contribution in [3.8, 4) is 22.7 Å². The quantitative estimate of drug-likeness (QED) is 0.131. The largest absolute Gasteiger partial charge is 0.510 e. The molecule has 0 radical (unpaired) electrons. The molecule has 3 aromatic heterocycles. The van der Waals surface area contributed by atoms with Crippen LogP contribution in [0.2, 0.25) is 0 Å². The van der Waals surface area contributed by atoms with E-state index in [1.165, 1.54) is 5.56 Å². The molecule has 1 aliphatic carbocycles. The Morgan fingerprint density at radius 1 is 0.725 bits per heavy atom. The molecule has 51 heavy (non-hydrogen) atoms. The van der Waals surface area contributed by atoms with Crippen LogP contribution in [0.5, 0.6) is 5.75 Å². The van der Waals surface area contributed by atoms with Crippen LogP contribution in [-0.4, -0.2) is 14.1 Å². The minimum absolute atomic E-state index is 0. The summed E-state index contributed by atoms with van der Waals surface area (Å²) in [4.78, 5) is 4.85. The maximum atomic E-state index is 6.81. The molecule has 1 aliphatic rings. The second-order valence-corrected chi connectivity index (χ2v) is 13.8. The van der Waals surface area contributed by atoms with Gasteiger partial charge in [0.05, 0.1) is 18.1 Å². The van der Waals surface area contributed by atoms with Crippen molar-refractivity contribution in [2.24, 2.45) is 7.05 Å². The Morgan fingerprint density at radius 3 is 2.25 bits per heavy atom. The van der Waals surface area contributed by atoms with Crippen molar-refractivity contribution < 1.29 is 30.4 Å². The summed E-state index contributed by atoms with van der Waals surface area (Å²) < 4.78 is 13.1. The third-order valence-electron chi connectivity index (χ3n) is 9.54. The maximum absolute atomic E-state index is 6.81. The molecule has 252 valence electrons. The number of ether oxygens (including phenoxy) is 1. The number of nitrogens with zero attached hydrogens (tertiary/aromatic N) is 4. The molecule has 0 fully saturated rings. The van der Waals surface area contributed by atoms with Crippen LogP contribution in [0.15, 0.2) is 133 Å².